The highest BCUT2D eigenvalue weighted by molar-refractivity contribution is 6.34. The van der Waals surface area contributed by atoms with E-state index < -0.39 is 0 Å². The highest BCUT2D eigenvalue weighted by atomic mass is 35.5. The van der Waals surface area contributed by atoms with Gasteiger partial charge >= 0.3 is 0 Å². The van der Waals surface area contributed by atoms with E-state index in [9.17, 15) is 4.79 Å². The number of hydrogen-bond donors (Lipinski definition) is 1. The number of likely N-dealkylation sites (tertiary alicyclic amines) is 1. The van der Waals surface area contributed by atoms with Crippen molar-refractivity contribution in [1.82, 2.24) is 4.90 Å². The Kier molecular flexibility index (Phi) is 5.73. The summed E-state index contributed by atoms with van der Waals surface area (Å²) in [6, 6.07) is 5.30. The molecule has 0 aromatic heterocycles. The van der Waals surface area contributed by atoms with Gasteiger partial charge in [0.05, 0.1) is 6.42 Å². The van der Waals surface area contributed by atoms with Gasteiger partial charge in [-0.05, 0) is 30.2 Å². The van der Waals surface area contributed by atoms with Crippen LogP contribution in [-0.4, -0.2) is 29.9 Å². The first kappa shape index (κ1) is 15.6. The lowest BCUT2D eigenvalue weighted by Crippen LogP contribution is -2.32. The largest absolute Gasteiger partial charge is 0.341 e. The van der Waals surface area contributed by atoms with E-state index in [1.807, 2.05) is 0 Å². The first-order valence-corrected chi connectivity index (χ1v) is 6.28. The molecule has 2 rings (SSSR count). The molecule has 2 N–H and O–H groups in total. The second-order valence-corrected chi connectivity index (χ2v) is 5.22. The molecule has 18 heavy (non-hydrogen) atoms. The number of carbonyl (C=O) groups is 1. The molecule has 3 nitrogen and oxygen atoms in total. The van der Waals surface area contributed by atoms with Crippen LogP contribution in [-0.2, 0) is 11.2 Å². The van der Waals surface area contributed by atoms with Crippen LogP contribution in [0.2, 0.25) is 10.0 Å². The average Bonchev–Trinajstić information content (AvgIpc) is 2.63. The van der Waals surface area contributed by atoms with Crippen molar-refractivity contribution >= 4 is 41.5 Å². The van der Waals surface area contributed by atoms with Crippen molar-refractivity contribution < 1.29 is 4.79 Å². The van der Waals surface area contributed by atoms with E-state index in [1.165, 1.54) is 0 Å². The van der Waals surface area contributed by atoms with Crippen molar-refractivity contribution in [3.63, 3.8) is 0 Å². The van der Waals surface area contributed by atoms with Crippen LogP contribution in [0.25, 0.3) is 0 Å². The molecular formula is C12H15Cl3N2O. The third-order valence-corrected chi connectivity index (χ3v) is 3.29. The van der Waals surface area contributed by atoms with Gasteiger partial charge in [0.15, 0.2) is 0 Å². The Bertz CT molecular complexity index is 419. The topological polar surface area (TPSA) is 46.3 Å². The van der Waals surface area contributed by atoms with Crippen molar-refractivity contribution in [3.05, 3.63) is 33.8 Å². The van der Waals surface area contributed by atoms with E-state index in [0.717, 1.165) is 18.5 Å². The summed E-state index contributed by atoms with van der Waals surface area (Å²) in [6.07, 6.45) is 1.20. The predicted molar refractivity (Wildman–Crippen MR) is 76.6 cm³/mol. The zero-order valence-electron chi connectivity index (χ0n) is 9.73. The van der Waals surface area contributed by atoms with Gasteiger partial charge in [-0.3, -0.25) is 4.79 Å². The van der Waals surface area contributed by atoms with Gasteiger partial charge in [-0.2, -0.15) is 0 Å². The molecule has 0 spiro atoms. The summed E-state index contributed by atoms with van der Waals surface area (Å²) in [4.78, 5) is 13.8. The number of hydrogen-bond acceptors (Lipinski definition) is 2. The zero-order chi connectivity index (χ0) is 12.4. The SMILES string of the molecule is Cl.N[C@H]1CCN(C(=O)Cc2cc(Cl)cc(Cl)c2)C1. The summed E-state index contributed by atoms with van der Waals surface area (Å²) in [5.74, 6) is 0.0799. The van der Waals surface area contributed by atoms with Crippen molar-refractivity contribution in [1.29, 1.82) is 0 Å². The smallest absolute Gasteiger partial charge is 0.227 e. The predicted octanol–water partition coefficient (Wildman–Crippen LogP) is 2.52. The lowest BCUT2D eigenvalue weighted by Gasteiger charge is -2.15. The third-order valence-electron chi connectivity index (χ3n) is 2.86. The van der Waals surface area contributed by atoms with Gasteiger partial charge < -0.3 is 10.6 Å². The van der Waals surface area contributed by atoms with Gasteiger partial charge in [0.2, 0.25) is 5.91 Å². The second-order valence-electron chi connectivity index (χ2n) is 4.34. The standard InChI is InChI=1S/C12H14Cl2N2O.ClH/c13-9-3-8(4-10(14)6-9)5-12(17)16-2-1-11(15)7-16;/h3-4,6,11H,1-2,5,7,15H2;1H/t11-;/m0./s1. The van der Waals surface area contributed by atoms with Gasteiger partial charge in [0, 0.05) is 29.2 Å². The number of rotatable bonds is 2. The first-order valence-electron chi connectivity index (χ1n) is 5.53. The molecule has 0 aliphatic carbocycles. The molecule has 6 heteroatoms. The third kappa shape index (κ3) is 4.02. The molecule has 1 amide bonds. The summed E-state index contributed by atoms with van der Waals surface area (Å²) < 4.78 is 0. The summed E-state index contributed by atoms with van der Waals surface area (Å²) >= 11 is 11.8. The van der Waals surface area contributed by atoms with Crippen LogP contribution in [0.4, 0.5) is 0 Å². The highest BCUT2D eigenvalue weighted by Gasteiger charge is 2.23. The first-order chi connectivity index (χ1) is 8.04. The van der Waals surface area contributed by atoms with Crippen LogP contribution in [0.3, 0.4) is 0 Å². The van der Waals surface area contributed by atoms with Crippen molar-refractivity contribution in [2.75, 3.05) is 13.1 Å². The molecule has 0 radical (unpaired) electrons. The number of amides is 1. The Morgan fingerprint density at radius 3 is 2.44 bits per heavy atom. The van der Waals surface area contributed by atoms with Crippen LogP contribution in [0.5, 0.6) is 0 Å². The Hall–Kier alpha value is -0.480. The van der Waals surface area contributed by atoms with Crippen molar-refractivity contribution in [3.8, 4) is 0 Å². The Balaban J connectivity index is 0.00000162. The van der Waals surface area contributed by atoms with Gasteiger partial charge in [0.25, 0.3) is 0 Å². The van der Waals surface area contributed by atoms with Crippen LogP contribution < -0.4 is 5.73 Å². The quantitative estimate of drug-likeness (QED) is 0.912. The van der Waals surface area contributed by atoms with Crippen LogP contribution in [0.1, 0.15) is 12.0 Å². The molecular weight excluding hydrogens is 295 g/mol. The maximum absolute atomic E-state index is 12.0. The molecule has 1 aliphatic rings. The lowest BCUT2D eigenvalue weighted by atomic mass is 10.1. The van der Waals surface area contributed by atoms with E-state index in [0.29, 0.717) is 23.0 Å². The van der Waals surface area contributed by atoms with Crippen LogP contribution >= 0.6 is 35.6 Å². The molecule has 1 saturated heterocycles. The van der Waals surface area contributed by atoms with E-state index >= 15 is 0 Å². The molecule has 1 atom stereocenters. The Morgan fingerprint density at radius 1 is 1.33 bits per heavy atom. The number of nitrogens with two attached hydrogens (primary N) is 1. The van der Waals surface area contributed by atoms with Gasteiger partial charge in [0.1, 0.15) is 0 Å². The molecule has 0 bridgehead atoms. The van der Waals surface area contributed by atoms with Gasteiger partial charge in [-0.25, -0.2) is 0 Å². The molecule has 0 saturated carbocycles. The van der Waals surface area contributed by atoms with Crippen molar-refractivity contribution in [2.45, 2.75) is 18.9 Å². The average molecular weight is 310 g/mol. The highest BCUT2D eigenvalue weighted by Crippen LogP contribution is 2.20. The van der Waals surface area contributed by atoms with E-state index in [1.54, 1.807) is 23.1 Å². The fraction of sp³-hybridized carbons (Fsp3) is 0.417. The maximum Gasteiger partial charge on any atom is 0.227 e. The molecule has 100 valence electrons. The minimum Gasteiger partial charge on any atom is -0.341 e. The fourth-order valence-corrected chi connectivity index (χ4v) is 2.58. The van der Waals surface area contributed by atoms with E-state index in [2.05, 4.69) is 0 Å². The Morgan fingerprint density at radius 2 is 1.94 bits per heavy atom. The van der Waals surface area contributed by atoms with Gasteiger partial charge in [-0.1, -0.05) is 23.2 Å². The molecule has 1 aliphatic heterocycles. The minimum absolute atomic E-state index is 0. The normalized spacial score (nSPS) is 18.6. The zero-order valence-corrected chi connectivity index (χ0v) is 12.1. The van der Waals surface area contributed by atoms with E-state index in [4.69, 9.17) is 28.9 Å². The Labute approximate surface area is 123 Å². The monoisotopic (exact) mass is 308 g/mol. The number of benzene rings is 1. The number of nitrogens with zero attached hydrogens (tertiary/aromatic N) is 1. The van der Waals surface area contributed by atoms with Crippen molar-refractivity contribution in [2.24, 2.45) is 5.73 Å². The molecule has 1 aromatic carbocycles. The fourth-order valence-electron chi connectivity index (χ4n) is 2.01. The number of halogens is 3. The number of carbonyl (C=O) groups excluding carboxylic acids is 1. The molecule has 0 unspecified atom stereocenters. The summed E-state index contributed by atoms with van der Waals surface area (Å²) in [7, 11) is 0. The minimum atomic E-state index is 0. The molecule has 1 fully saturated rings. The van der Waals surface area contributed by atoms with Gasteiger partial charge in [-0.15, -0.1) is 12.4 Å². The summed E-state index contributed by atoms with van der Waals surface area (Å²) in [5, 5.41) is 1.11. The maximum atomic E-state index is 12.0. The molecule has 1 heterocycles. The second kappa shape index (κ2) is 6.62. The van der Waals surface area contributed by atoms with Crippen LogP contribution in [0, 0.1) is 0 Å². The van der Waals surface area contributed by atoms with E-state index in [-0.39, 0.29) is 24.4 Å². The summed E-state index contributed by atoms with van der Waals surface area (Å²) in [5.41, 5.74) is 6.61. The molecule has 1 aromatic rings. The van der Waals surface area contributed by atoms with Crippen LogP contribution in [0.15, 0.2) is 18.2 Å². The lowest BCUT2D eigenvalue weighted by molar-refractivity contribution is -0.129. The summed E-state index contributed by atoms with van der Waals surface area (Å²) in [6.45, 7) is 1.39.